The summed E-state index contributed by atoms with van der Waals surface area (Å²) in [6.45, 7) is 3.89. The molecule has 0 fully saturated rings. The maximum Gasteiger partial charge on any atom is 0.181 e. The molecule has 0 amide bonds. The molecule has 0 aromatic rings. The van der Waals surface area contributed by atoms with Gasteiger partial charge in [-0.05, 0) is 25.5 Å². The number of carbonyl (C=O) groups is 2. The van der Waals surface area contributed by atoms with Crippen LogP contribution in [0.2, 0.25) is 0 Å². The van der Waals surface area contributed by atoms with Crippen molar-refractivity contribution < 1.29 is 14.3 Å². The molecule has 3 nitrogen and oxygen atoms in total. The predicted octanol–water partition coefficient (Wildman–Crippen LogP) is 2.24. The highest BCUT2D eigenvalue weighted by Gasteiger charge is 2.19. The number of carbonyl (C=O) groups excluding carboxylic acids is 2. The summed E-state index contributed by atoms with van der Waals surface area (Å²) in [6.07, 6.45) is 10.7. The van der Waals surface area contributed by atoms with Gasteiger partial charge in [0.05, 0.1) is 6.10 Å². The topological polar surface area (TPSA) is 43.4 Å². The van der Waals surface area contributed by atoms with Crippen molar-refractivity contribution in [3.8, 4) is 0 Å². The van der Waals surface area contributed by atoms with Crippen molar-refractivity contribution in [1.29, 1.82) is 0 Å². The molecule has 1 aliphatic rings. The van der Waals surface area contributed by atoms with Crippen molar-refractivity contribution >= 4 is 11.6 Å². The average Bonchev–Trinajstić information content (AvgIpc) is 2.32. The van der Waals surface area contributed by atoms with Crippen LogP contribution in [0, 0.1) is 5.92 Å². The lowest BCUT2D eigenvalue weighted by molar-refractivity contribution is -0.122. The van der Waals surface area contributed by atoms with Crippen molar-refractivity contribution in [2.45, 2.75) is 26.4 Å². The number of hydrogen-bond donors (Lipinski definition) is 0. The molecule has 0 N–H and O–H groups in total. The van der Waals surface area contributed by atoms with Crippen LogP contribution >= 0.6 is 0 Å². The molecular formula is C14H18O3. The van der Waals surface area contributed by atoms with Gasteiger partial charge >= 0.3 is 0 Å². The van der Waals surface area contributed by atoms with Crippen LogP contribution in [-0.2, 0) is 14.3 Å². The first-order valence-electron chi connectivity index (χ1n) is 5.79. The highest BCUT2D eigenvalue weighted by Crippen LogP contribution is 2.14. The van der Waals surface area contributed by atoms with Gasteiger partial charge in [-0.25, -0.2) is 0 Å². The van der Waals surface area contributed by atoms with Crippen LogP contribution in [0.4, 0.5) is 0 Å². The zero-order chi connectivity index (χ0) is 12.7. The summed E-state index contributed by atoms with van der Waals surface area (Å²) < 4.78 is 5.31. The van der Waals surface area contributed by atoms with Crippen molar-refractivity contribution in [3.05, 3.63) is 36.5 Å². The highest BCUT2D eigenvalue weighted by molar-refractivity contribution is 5.92. The molecule has 0 unspecified atom stereocenters. The number of hydrogen-bond acceptors (Lipinski definition) is 3. The van der Waals surface area contributed by atoms with Gasteiger partial charge in [0.2, 0.25) is 0 Å². The van der Waals surface area contributed by atoms with Crippen LogP contribution in [0.5, 0.6) is 0 Å². The normalized spacial score (nSPS) is 22.5. The summed E-state index contributed by atoms with van der Waals surface area (Å²) in [7, 11) is 0. The Labute approximate surface area is 102 Å². The van der Waals surface area contributed by atoms with Crippen molar-refractivity contribution in [1.82, 2.24) is 0 Å². The van der Waals surface area contributed by atoms with Crippen molar-refractivity contribution in [2.24, 2.45) is 5.92 Å². The van der Waals surface area contributed by atoms with E-state index in [2.05, 4.69) is 0 Å². The number of allylic oxidation sites excluding steroid dienone is 4. The largest absolute Gasteiger partial charge is 0.366 e. The first kappa shape index (κ1) is 13.6. The first-order valence-corrected chi connectivity index (χ1v) is 5.79. The van der Waals surface area contributed by atoms with Gasteiger partial charge in [0.1, 0.15) is 6.61 Å². The summed E-state index contributed by atoms with van der Waals surface area (Å²) in [5, 5.41) is 0. The van der Waals surface area contributed by atoms with E-state index in [1.807, 2.05) is 26.0 Å². The second-order valence-corrected chi connectivity index (χ2v) is 4.10. The van der Waals surface area contributed by atoms with E-state index in [1.165, 1.54) is 6.08 Å². The Kier molecular flexibility index (Phi) is 5.57. The second-order valence-electron chi connectivity index (χ2n) is 4.10. The zero-order valence-corrected chi connectivity index (χ0v) is 10.3. The van der Waals surface area contributed by atoms with Gasteiger partial charge in [-0.15, -0.1) is 0 Å². The monoisotopic (exact) mass is 234 g/mol. The van der Waals surface area contributed by atoms with Gasteiger partial charge in [0.15, 0.2) is 11.6 Å². The van der Waals surface area contributed by atoms with E-state index < -0.39 is 0 Å². The second kappa shape index (κ2) is 6.97. The summed E-state index contributed by atoms with van der Waals surface area (Å²) in [5.41, 5.74) is 0. The highest BCUT2D eigenvalue weighted by atomic mass is 16.5. The molecular weight excluding hydrogens is 216 g/mol. The summed E-state index contributed by atoms with van der Waals surface area (Å²) >= 11 is 0. The predicted molar refractivity (Wildman–Crippen MR) is 66.6 cm³/mol. The molecule has 0 aromatic carbocycles. The fourth-order valence-corrected chi connectivity index (χ4v) is 1.54. The Morgan fingerprint density at radius 1 is 1.59 bits per heavy atom. The molecule has 1 aliphatic heterocycles. The molecule has 0 aliphatic carbocycles. The van der Waals surface area contributed by atoms with Crippen LogP contribution < -0.4 is 0 Å². The summed E-state index contributed by atoms with van der Waals surface area (Å²) in [5.74, 6) is -0.0374. The Hall–Kier alpha value is -1.48. The minimum atomic E-state index is -0.123. The van der Waals surface area contributed by atoms with E-state index in [0.717, 1.165) is 0 Å². The minimum Gasteiger partial charge on any atom is -0.366 e. The quantitative estimate of drug-likeness (QED) is 0.541. The number of ether oxygens (including phenoxy) is 1. The molecule has 3 heteroatoms. The SMILES string of the molecule is C/C=C/C=C/C(=O)[C@H](C)C[C@@H]1C=CC(=O)CO1. The smallest absolute Gasteiger partial charge is 0.181 e. The first-order chi connectivity index (χ1) is 8.13. The third-order valence-corrected chi connectivity index (χ3v) is 2.57. The van der Waals surface area contributed by atoms with Crippen LogP contribution in [0.3, 0.4) is 0 Å². The zero-order valence-electron chi connectivity index (χ0n) is 10.3. The van der Waals surface area contributed by atoms with Gasteiger partial charge in [0.25, 0.3) is 0 Å². The Morgan fingerprint density at radius 2 is 2.35 bits per heavy atom. The van der Waals surface area contributed by atoms with Crippen LogP contribution in [0.25, 0.3) is 0 Å². The van der Waals surface area contributed by atoms with Crippen molar-refractivity contribution in [3.63, 3.8) is 0 Å². The Morgan fingerprint density at radius 3 is 2.94 bits per heavy atom. The summed E-state index contributed by atoms with van der Waals surface area (Å²) in [6, 6.07) is 0. The van der Waals surface area contributed by atoms with Crippen LogP contribution in [0.1, 0.15) is 20.3 Å². The molecule has 0 saturated heterocycles. The van der Waals surface area contributed by atoms with Gasteiger partial charge < -0.3 is 4.74 Å². The van der Waals surface area contributed by atoms with Crippen LogP contribution in [0.15, 0.2) is 36.5 Å². The van der Waals surface area contributed by atoms with Gasteiger partial charge in [-0.1, -0.05) is 31.2 Å². The molecule has 0 bridgehead atoms. The summed E-state index contributed by atoms with van der Waals surface area (Å²) in [4.78, 5) is 22.6. The minimum absolute atomic E-state index is 0.0202. The third-order valence-electron chi connectivity index (χ3n) is 2.57. The van der Waals surface area contributed by atoms with Gasteiger partial charge in [-0.2, -0.15) is 0 Å². The molecule has 2 atom stereocenters. The number of ketones is 2. The van der Waals surface area contributed by atoms with Gasteiger partial charge in [-0.3, -0.25) is 9.59 Å². The molecule has 1 heterocycles. The standard InChI is InChI=1S/C14H18O3/c1-3-4-5-6-14(16)11(2)9-13-8-7-12(15)10-17-13/h3-8,11,13H,9-10H2,1-2H3/b4-3+,6-5+/t11-,13+/m1/s1. The fourth-order valence-electron chi connectivity index (χ4n) is 1.54. The van der Waals surface area contributed by atoms with E-state index in [4.69, 9.17) is 4.74 Å². The Bertz CT molecular complexity index is 364. The maximum absolute atomic E-state index is 11.7. The lowest BCUT2D eigenvalue weighted by atomic mass is 9.97. The molecule has 92 valence electrons. The van der Waals surface area contributed by atoms with Crippen molar-refractivity contribution in [2.75, 3.05) is 6.61 Å². The Balaban J connectivity index is 2.43. The van der Waals surface area contributed by atoms with E-state index in [9.17, 15) is 9.59 Å². The molecule has 1 rings (SSSR count). The van der Waals surface area contributed by atoms with E-state index in [0.29, 0.717) is 6.42 Å². The molecule has 0 saturated carbocycles. The third kappa shape index (κ3) is 4.91. The average molecular weight is 234 g/mol. The molecule has 0 radical (unpaired) electrons. The van der Waals surface area contributed by atoms with Crippen LogP contribution in [-0.4, -0.2) is 24.3 Å². The molecule has 0 spiro atoms. The molecule has 17 heavy (non-hydrogen) atoms. The lowest BCUT2D eigenvalue weighted by Crippen LogP contribution is -2.24. The number of rotatable bonds is 5. The van der Waals surface area contributed by atoms with Gasteiger partial charge in [0, 0.05) is 5.92 Å². The lowest BCUT2D eigenvalue weighted by Gasteiger charge is -2.19. The van der Waals surface area contributed by atoms with E-state index in [-0.39, 0.29) is 30.2 Å². The maximum atomic E-state index is 11.7. The van der Waals surface area contributed by atoms with E-state index >= 15 is 0 Å². The van der Waals surface area contributed by atoms with E-state index in [1.54, 1.807) is 18.2 Å². The fraction of sp³-hybridized carbons (Fsp3) is 0.429. The molecule has 0 aromatic heterocycles.